The van der Waals surface area contributed by atoms with Gasteiger partial charge in [0, 0.05) is 32.0 Å². The van der Waals surface area contributed by atoms with Gasteiger partial charge in [0.05, 0.1) is 10.9 Å². The zero-order valence-corrected chi connectivity index (χ0v) is 16.5. The number of aromatic nitrogens is 2. The van der Waals surface area contributed by atoms with Crippen LogP contribution in [0.15, 0.2) is 4.52 Å². The summed E-state index contributed by atoms with van der Waals surface area (Å²) in [5, 5.41) is 3.79. The van der Waals surface area contributed by atoms with Crippen LogP contribution < -0.4 is 0 Å². The number of hydrogen-bond donors (Lipinski definition) is 0. The molecule has 4 rings (SSSR count). The van der Waals surface area contributed by atoms with Crippen molar-refractivity contribution >= 4 is 10.0 Å². The first-order valence-electron chi connectivity index (χ1n) is 9.83. The standard InChI is InChI=1S/C18H29N3O4S/c1-13(2)26(22,23)21-8-6-18(7-9-21)12-14(5-10-24-18)11-16-19-17(25-20-16)15-3-4-15/h13-15H,3-12H2,1-2H3. The monoisotopic (exact) mass is 383 g/mol. The highest BCUT2D eigenvalue weighted by Gasteiger charge is 2.43. The highest BCUT2D eigenvalue weighted by Crippen LogP contribution is 2.41. The molecule has 0 amide bonds. The molecular formula is C18H29N3O4S. The molecule has 2 aliphatic heterocycles. The molecule has 7 nitrogen and oxygen atoms in total. The van der Waals surface area contributed by atoms with Gasteiger partial charge in [-0.2, -0.15) is 4.98 Å². The predicted molar refractivity (Wildman–Crippen MR) is 96.2 cm³/mol. The largest absolute Gasteiger partial charge is 0.375 e. The number of ether oxygens (including phenoxy) is 1. The minimum absolute atomic E-state index is 0.186. The van der Waals surface area contributed by atoms with Crippen LogP contribution in [0.1, 0.15) is 70.0 Å². The van der Waals surface area contributed by atoms with E-state index < -0.39 is 10.0 Å². The lowest BCUT2D eigenvalue weighted by Crippen LogP contribution is -2.52. The van der Waals surface area contributed by atoms with Gasteiger partial charge in [0.1, 0.15) is 0 Å². The van der Waals surface area contributed by atoms with E-state index in [1.54, 1.807) is 18.2 Å². The zero-order valence-electron chi connectivity index (χ0n) is 15.7. The van der Waals surface area contributed by atoms with Gasteiger partial charge in [-0.25, -0.2) is 12.7 Å². The molecule has 3 fully saturated rings. The summed E-state index contributed by atoms with van der Waals surface area (Å²) < 4.78 is 37.9. The second-order valence-electron chi connectivity index (χ2n) is 8.41. The van der Waals surface area contributed by atoms with Crippen molar-refractivity contribution in [2.24, 2.45) is 5.92 Å². The lowest BCUT2D eigenvalue weighted by molar-refractivity contribution is -0.120. The summed E-state index contributed by atoms with van der Waals surface area (Å²) in [6.07, 6.45) is 6.66. The minimum Gasteiger partial charge on any atom is -0.375 e. The first-order valence-corrected chi connectivity index (χ1v) is 11.3. The molecule has 1 aromatic rings. The van der Waals surface area contributed by atoms with Crippen LogP contribution in [0, 0.1) is 5.92 Å². The van der Waals surface area contributed by atoms with Gasteiger partial charge in [-0.3, -0.25) is 0 Å². The molecule has 3 aliphatic rings. The maximum atomic E-state index is 12.4. The maximum Gasteiger partial charge on any atom is 0.229 e. The second kappa shape index (κ2) is 6.87. The van der Waals surface area contributed by atoms with Crippen LogP contribution in [0.4, 0.5) is 0 Å². The molecule has 146 valence electrons. The molecule has 2 saturated heterocycles. The molecule has 0 aromatic carbocycles. The van der Waals surface area contributed by atoms with E-state index in [1.165, 1.54) is 0 Å². The van der Waals surface area contributed by atoms with Gasteiger partial charge >= 0.3 is 0 Å². The average molecular weight is 384 g/mol. The topological polar surface area (TPSA) is 85.5 Å². The van der Waals surface area contributed by atoms with E-state index in [1.807, 2.05) is 0 Å². The van der Waals surface area contributed by atoms with Crippen LogP contribution in [-0.4, -0.2) is 53.4 Å². The van der Waals surface area contributed by atoms with Crippen molar-refractivity contribution in [1.82, 2.24) is 14.4 Å². The summed E-state index contributed by atoms with van der Waals surface area (Å²) in [7, 11) is -3.17. The molecule has 0 bridgehead atoms. The van der Waals surface area contributed by atoms with Gasteiger partial charge in [-0.1, -0.05) is 5.16 Å². The van der Waals surface area contributed by atoms with E-state index in [2.05, 4.69) is 10.1 Å². The summed E-state index contributed by atoms with van der Waals surface area (Å²) in [5.41, 5.74) is -0.186. The van der Waals surface area contributed by atoms with Crippen LogP contribution in [0.2, 0.25) is 0 Å². The lowest BCUT2D eigenvalue weighted by Gasteiger charge is -2.46. The van der Waals surface area contributed by atoms with Crippen LogP contribution >= 0.6 is 0 Å². The molecule has 3 heterocycles. The van der Waals surface area contributed by atoms with Crippen LogP contribution in [0.3, 0.4) is 0 Å². The molecule has 1 aromatic heterocycles. The smallest absolute Gasteiger partial charge is 0.229 e. The first-order chi connectivity index (χ1) is 12.4. The SMILES string of the molecule is CC(C)S(=O)(=O)N1CCC2(CC1)CC(Cc1noc(C3CC3)n1)CCO2. The third-order valence-electron chi connectivity index (χ3n) is 6.07. The maximum absolute atomic E-state index is 12.4. The third kappa shape index (κ3) is 3.68. The van der Waals surface area contributed by atoms with Crippen LogP contribution in [-0.2, 0) is 21.2 Å². The predicted octanol–water partition coefficient (Wildman–Crippen LogP) is 2.49. The number of hydrogen-bond acceptors (Lipinski definition) is 6. The minimum atomic E-state index is -3.17. The Hall–Kier alpha value is -0.990. The van der Waals surface area contributed by atoms with Gasteiger partial charge in [0.15, 0.2) is 5.82 Å². The lowest BCUT2D eigenvalue weighted by atomic mass is 9.78. The molecule has 26 heavy (non-hydrogen) atoms. The summed E-state index contributed by atoms with van der Waals surface area (Å²) in [6.45, 7) is 5.33. The van der Waals surface area contributed by atoms with E-state index in [-0.39, 0.29) is 10.9 Å². The van der Waals surface area contributed by atoms with E-state index in [0.29, 0.717) is 24.9 Å². The Morgan fingerprint density at radius 3 is 2.62 bits per heavy atom. The van der Waals surface area contributed by atoms with Crippen molar-refractivity contribution < 1.29 is 17.7 Å². The number of nitrogens with zero attached hydrogens (tertiary/aromatic N) is 3. The van der Waals surface area contributed by atoms with E-state index in [9.17, 15) is 8.42 Å². The highest BCUT2D eigenvalue weighted by atomic mass is 32.2. The Bertz CT molecular complexity index is 733. The summed E-state index contributed by atoms with van der Waals surface area (Å²) in [4.78, 5) is 4.56. The Morgan fingerprint density at radius 1 is 1.23 bits per heavy atom. The number of piperidine rings is 1. The summed E-state index contributed by atoms with van der Waals surface area (Å²) >= 11 is 0. The fraction of sp³-hybridized carbons (Fsp3) is 0.889. The quantitative estimate of drug-likeness (QED) is 0.776. The Balaban J connectivity index is 1.36. The second-order valence-corrected chi connectivity index (χ2v) is 10.9. The number of sulfonamides is 1. The highest BCUT2D eigenvalue weighted by molar-refractivity contribution is 7.89. The Labute approximate surface area is 155 Å². The fourth-order valence-corrected chi connectivity index (χ4v) is 5.49. The fourth-order valence-electron chi connectivity index (χ4n) is 4.20. The van der Waals surface area contributed by atoms with Gasteiger partial charge in [0.25, 0.3) is 0 Å². The van der Waals surface area contributed by atoms with Gasteiger partial charge in [0.2, 0.25) is 15.9 Å². The van der Waals surface area contributed by atoms with Gasteiger partial charge in [-0.15, -0.1) is 0 Å². The molecular weight excluding hydrogens is 354 g/mol. The summed E-state index contributed by atoms with van der Waals surface area (Å²) in [5.74, 6) is 2.58. The Kier molecular flexibility index (Phi) is 4.86. The van der Waals surface area contributed by atoms with Crippen LogP contribution in [0.25, 0.3) is 0 Å². The Morgan fingerprint density at radius 2 is 1.96 bits per heavy atom. The van der Waals surface area contributed by atoms with E-state index in [4.69, 9.17) is 9.26 Å². The first kappa shape index (κ1) is 18.4. The van der Waals surface area contributed by atoms with Crippen LogP contribution in [0.5, 0.6) is 0 Å². The van der Waals surface area contributed by atoms with Crippen molar-refractivity contribution in [3.63, 3.8) is 0 Å². The number of rotatable bonds is 5. The summed E-state index contributed by atoms with van der Waals surface area (Å²) in [6, 6.07) is 0. The molecule has 1 aliphatic carbocycles. The molecule has 0 radical (unpaired) electrons. The molecule has 1 unspecified atom stereocenters. The van der Waals surface area contributed by atoms with Crippen molar-refractivity contribution in [2.45, 2.75) is 75.6 Å². The van der Waals surface area contributed by atoms with Crippen molar-refractivity contribution in [2.75, 3.05) is 19.7 Å². The normalized spacial score (nSPS) is 27.3. The zero-order chi connectivity index (χ0) is 18.4. The van der Waals surface area contributed by atoms with Gasteiger partial charge in [-0.05, 0) is 58.3 Å². The molecule has 8 heteroatoms. The van der Waals surface area contributed by atoms with E-state index in [0.717, 1.165) is 63.3 Å². The molecule has 1 spiro atoms. The van der Waals surface area contributed by atoms with E-state index >= 15 is 0 Å². The van der Waals surface area contributed by atoms with Crippen molar-refractivity contribution in [3.05, 3.63) is 11.7 Å². The molecule has 1 atom stereocenters. The van der Waals surface area contributed by atoms with Crippen molar-refractivity contribution in [3.8, 4) is 0 Å². The van der Waals surface area contributed by atoms with Crippen molar-refractivity contribution in [1.29, 1.82) is 0 Å². The third-order valence-corrected chi connectivity index (χ3v) is 8.34. The average Bonchev–Trinajstić information content (AvgIpc) is 3.35. The molecule has 1 saturated carbocycles. The molecule has 0 N–H and O–H groups in total. The van der Waals surface area contributed by atoms with Gasteiger partial charge < -0.3 is 9.26 Å².